The average Bonchev–Trinajstić information content (AvgIpc) is 2.54. The molecule has 2 aromatic rings. The van der Waals surface area contributed by atoms with Crippen LogP contribution >= 0.6 is 11.6 Å². The van der Waals surface area contributed by atoms with E-state index in [1.165, 1.54) is 41.0 Å². The number of hydrogen-bond donors (Lipinski definition) is 0. The molecule has 0 spiro atoms. The summed E-state index contributed by atoms with van der Waals surface area (Å²) in [5.41, 5.74) is 1.47. The fraction of sp³-hybridized carbons (Fsp3) is 0.455. The Labute approximate surface area is 99.4 Å². The molecule has 0 fully saturated rings. The normalized spacial score (nSPS) is 15.6. The van der Waals surface area contributed by atoms with Crippen molar-refractivity contribution in [3.63, 3.8) is 0 Å². The van der Waals surface area contributed by atoms with Gasteiger partial charge in [-0.05, 0) is 0 Å². The van der Waals surface area contributed by atoms with E-state index in [1.807, 2.05) is 6.92 Å². The molecule has 15 heavy (non-hydrogen) atoms. The SMILES string of the molecule is Cc1nc(Cl)c2c3c([se]c2n1)CCCC3. The Bertz CT molecular complexity index is 533. The van der Waals surface area contributed by atoms with Crippen molar-refractivity contribution in [1.29, 1.82) is 0 Å². The van der Waals surface area contributed by atoms with Crippen molar-refractivity contribution in [2.75, 3.05) is 0 Å². The number of aryl methyl sites for hydroxylation is 3. The minimum atomic E-state index is 0.419. The molecule has 2 heterocycles. The second-order valence-corrected chi connectivity index (χ2v) is 6.58. The van der Waals surface area contributed by atoms with E-state index in [0.29, 0.717) is 19.7 Å². The molecule has 0 N–H and O–H groups in total. The zero-order chi connectivity index (χ0) is 10.4. The van der Waals surface area contributed by atoms with Crippen molar-refractivity contribution in [3.05, 3.63) is 21.0 Å². The first-order valence-electron chi connectivity index (χ1n) is 5.20. The van der Waals surface area contributed by atoms with Gasteiger partial charge in [0, 0.05) is 0 Å². The summed E-state index contributed by atoms with van der Waals surface area (Å²) < 4.78 is 2.83. The van der Waals surface area contributed by atoms with Gasteiger partial charge in [0.05, 0.1) is 0 Å². The fourth-order valence-electron chi connectivity index (χ4n) is 2.21. The molecule has 0 unspecified atom stereocenters. The van der Waals surface area contributed by atoms with Crippen molar-refractivity contribution in [2.45, 2.75) is 32.6 Å². The molecule has 78 valence electrons. The standard InChI is InChI=1S/C11H11ClN2Se/c1-6-13-10(12)9-7-4-2-3-5-8(7)15-11(9)14-6/h2-5H2,1H3. The molecule has 2 nitrogen and oxygen atoms in total. The number of aromatic nitrogens is 2. The van der Waals surface area contributed by atoms with Gasteiger partial charge in [-0.1, -0.05) is 0 Å². The van der Waals surface area contributed by atoms with E-state index in [9.17, 15) is 0 Å². The first-order chi connectivity index (χ1) is 7.25. The quantitative estimate of drug-likeness (QED) is 0.549. The molecule has 3 rings (SSSR count). The second-order valence-electron chi connectivity index (χ2n) is 3.95. The molecule has 4 heteroatoms. The Morgan fingerprint density at radius 2 is 2.00 bits per heavy atom. The molecule has 0 aliphatic heterocycles. The third kappa shape index (κ3) is 1.54. The molecule has 0 atom stereocenters. The summed E-state index contributed by atoms with van der Waals surface area (Å²) in [7, 11) is 0. The molecule has 2 aromatic heterocycles. The molecule has 1 aliphatic rings. The van der Waals surface area contributed by atoms with Crippen molar-refractivity contribution >= 4 is 35.9 Å². The van der Waals surface area contributed by atoms with Crippen molar-refractivity contribution in [1.82, 2.24) is 9.97 Å². The first-order valence-corrected chi connectivity index (χ1v) is 7.29. The summed E-state index contributed by atoms with van der Waals surface area (Å²) >= 11 is 6.64. The first kappa shape index (κ1) is 9.83. The van der Waals surface area contributed by atoms with Gasteiger partial charge in [-0.3, -0.25) is 0 Å². The summed E-state index contributed by atoms with van der Waals surface area (Å²) in [6, 6.07) is 0. The van der Waals surface area contributed by atoms with E-state index in [-0.39, 0.29) is 0 Å². The van der Waals surface area contributed by atoms with E-state index in [2.05, 4.69) is 9.97 Å². The van der Waals surface area contributed by atoms with Gasteiger partial charge >= 0.3 is 99.4 Å². The molecule has 0 amide bonds. The van der Waals surface area contributed by atoms with Gasteiger partial charge in [-0.2, -0.15) is 0 Å². The van der Waals surface area contributed by atoms with Gasteiger partial charge < -0.3 is 0 Å². The summed E-state index contributed by atoms with van der Waals surface area (Å²) in [5, 5.41) is 1.85. The van der Waals surface area contributed by atoms with Gasteiger partial charge in [-0.15, -0.1) is 0 Å². The number of rotatable bonds is 0. The van der Waals surface area contributed by atoms with Gasteiger partial charge in [0.25, 0.3) is 0 Å². The molecule has 1 aliphatic carbocycles. The van der Waals surface area contributed by atoms with Crippen LogP contribution < -0.4 is 0 Å². The number of fused-ring (bicyclic) bond motifs is 3. The van der Waals surface area contributed by atoms with Gasteiger partial charge in [0.2, 0.25) is 0 Å². The number of hydrogen-bond acceptors (Lipinski definition) is 2. The average molecular weight is 286 g/mol. The topological polar surface area (TPSA) is 25.8 Å². The summed E-state index contributed by atoms with van der Waals surface area (Å²) in [5.74, 6) is 0.806. The zero-order valence-electron chi connectivity index (χ0n) is 8.51. The van der Waals surface area contributed by atoms with Crippen LogP contribution in [0, 0.1) is 6.92 Å². The molecule has 0 bridgehead atoms. The molecule has 0 aromatic carbocycles. The number of nitrogens with zero attached hydrogens (tertiary/aromatic N) is 2. The Hall–Kier alpha value is -0.371. The van der Waals surface area contributed by atoms with E-state index in [4.69, 9.17) is 11.6 Å². The fourth-order valence-corrected chi connectivity index (χ4v) is 5.41. The number of halogens is 1. The van der Waals surface area contributed by atoms with E-state index in [0.717, 1.165) is 5.82 Å². The van der Waals surface area contributed by atoms with Crippen LogP contribution in [0.1, 0.15) is 28.7 Å². The molecule has 0 saturated heterocycles. The third-order valence-electron chi connectivity index (χ3n) is 2.88. The van der Waals surface area contributed by atoms with Crippen LogP contribution in [-0.4, -0.2) is 24.5 Å². The van der Waals surface area contributed by atoms with Crippen molar-refractivity contribution in [2.24, 2.45) is 0 Å². The van der Waals surface area contributed by atoms with Crippen molar-refractivity contribution in [3.8, 4) is 0 Å². The van der Waals surface area contributed by atoms with Gasteiger partial charge in [-0.25, -0.2) is 0 Å². The predicted octanol–water partition coefficient (Wildman–Crippen LogP) is 2.53. The molecular weight excluding hydrogens is 275 g/mol. The third-order valence-corrected chi connectivity index (χ3v) is 5.64. The Morgan fingerprint density at radius 3 is 2.87 bits per heavy atom. The molecular formula is C11H11ClN2Se. The van der Waals surface area contributed by atoms with E-state index in [1.54, 1.807) is 4.44 Å². The van der Waals surface area contributed by atoms with Crippen LogP contribution in [0.4, 0.5) is 0 Å². The second kappa shape index (κ2) is 3.58. The van der Waals surface area contributed by atoms with Crippen molar-refractivity contribution < 1.29 is 0 Å². The monoisotopic (exact) mass is 286 g/mol. The van der Waals surface area contributed by atoms with Crippen LogP contribution in [0.15, 0.2) is 0 Å². The molecule has 0 saturated carbocycles. The van der Waals surface area contributed by atoms with Crippen LogP contribution in [-0.2, 0) is 12.8 Å². The Kier molecular flexibility index (Phi) is 2.35. The van der Waals surface area contributed by atoms with Gasteiger partial charge in [0.15, 0.2) is 0 Å². The van der Waals surface area contributed by atoms with Gasteiger partial charge in [0.1, 0.15) is 0 Å². The Balaban J connectivity index is 2.37. The van der Waals surface area contributed by atoms with Crippen LogP contribution in [0.5, 0.6) is 0 Å². The van der Waals surface area contributed by atoms with E-state index >= 15 is 0 Å². The predicted molar refractivity (Wildman–Crippen MR) is 62.9 cm³/mol. The van der Waals surface area contributed by atoms with Crippen LogP contribution in [0.25, 0.3) is 9.78 Å². The summed E-state index contributed by atoms with van der Waals surface area (Å²) in [6.07, 6.45) is 5.05. The zero-order valence-corrected chi connectivity index (χ0v) is 11.0. The minimum absolute atomic E-state index is 0.419. The van der Waals surface area contributed by atoms with Crippen LogP contribution in [0.2, 0.25) is 5.15 Å². The maximum atomic E-state index is 6.22. The summed E-state index contributed by atoms with van der Waals surface area (Å²) in [4.78, 5) is 8.80. The summed E-state index contributed by atoms with van der Waals surface area (Å²) in [6.45, 7) is 1.92. The Morgan fingerprint density at radius 1 is 1.20 bits per heavy atom. The van der Waals surface area contributed by atoms with E-state index < -0.39 is 0 Å². The molecule has 0 radical (unpaired) electrons. The maximum absolute atomic E-state index is 6.22. The van der Waals surface area contributed by atoms with Crippen LogP contribution in [0.3, 0.4) is 0 Å².